The van der Waals surface area contributed by atoms with E-state index in [1.807, 2.05) is 13.8 Å². The van der Waals surface area contributed by atoms with E-state index >= 15 is 0 Å². The molecular weight excluding hydrogens is 183 g/mol. The van der Waals surface area contributed by atoms with Gasteiger partial charge in [0.1, 0.15) is 5.15 Å². The van der Waals surface area contributed by atoms with Crippen molar-refractivity contribution < 1.29 is 0 Å². The average Bonchev–Trinajstić information content (AvgIpc) is 2.26. The van der Waals surface area contributed by atoms with Gasteiger partial charge in [-0.25, -0.2) is 0 Å². The first kappa shape index (κ1) is 8.88. The van der Waals surface area contributed by atoms with Crippen molar-refractivity contribution in [3.63, 3.8) is 0 Å². The Balaban J connectivity index is 3.14. The Morgan fingerprint density at radius 2 is 2.18 bits per heavy atom. The van der Waals surface area contributed by atoms with Gasteiger partial charge in [-0.15, -0.1) is 11.6 Å². The number of aromatic nitrogens is 2. The molecule has 0 unspecified atom stereocenters. The predicted octanol–water partition coefficient (Wildman–Crippen LogP) is 2.60. The van der Waals surface area contributed by atoms with Gasteiger partial charge in [0.2, 0.25) is 0 Å². The lowest BCUT2D eigenvalue weighted by molar-refractivity contribution is 0.654. The molecule has 0 fully saturated rings. The van der Waals surface area contributed by atoms with Crippen LogP contribution < -0.4 is 0 Å². The second-order valence-electron chi connectivity index (χ2n) is 2.30. The highest BCUT2D eigenvalue weighted by atomic mass is 35.5. The minimum Gasteiger partial charge on any atom is -0.254 e. The smallest absolute Gasteiger partial charge is 0.131 e. The van der Waals surface area contributed by atoms with Crippen LogP contribution in [0.15, 0.2) is 0 Å². The standard InChI is InChI=1S/C7H10Cl2N2/c1-3-11-7(9)6(4-8)5(2)10-11/h3-4H2,1-2H3. The molecule has 1 aromatic rings. The third-order valence-corrected chi connectivity index (χ3v) is 2.31. The van der Waals surface area contributed by atoms with E-state index < -0.39 is 0 Å². The van der Waals surface area contributed by atoms with Crippen LogP contribution in [0.4, 0.5) is 0 Å². The third-order valence-electron chi connectivity index (χ3n) is 1.62. The highest BCUT2D eigenvalue weighted by molar-refractivity contribution is 6.31. The van der Waals surface area contributed by atoms with Crippen molar-refractivity contribution >= 4 is 23.2 Å². The molecule has 0 bridgehead atoms. The fourth-order valence-electron chi connectivity index (χ4n) is 0.952. The molecule has 1 aromatic heterocycles. The van der Waals surface area contributed by atoms with Crippen molar-refractivity contribution in [2.45, 2.75) is 26.3 Å². The molecule has 2 nitrogen and oxygen atoms in total. The van der Waals surface area contributed by atoms with Gasteiger partial charge in [-0.05, 0) is 13.8 Å². The van der Waals surface area contributed by atoms with E-state index in [2.05, 4.69) is 5.10 Å². The zero-order valence-corrected chi connectivity index (χ0v) is 8.08. The van der Waals surface area contributed by atoms with Crippen LogP contribution in [0.1, 0.15) is 18.2 Å². The molecule has 0 spiro atoms. The van der Waals surface area contributed by atoms with Gasteiger partial charge >= 0.3 is 0 Å². The predicted molar refractivity (Wildman–Crippen MR) is 47.2 cm³/mol. The van der Waals surface area contributed by atoms with Gasteiger partial charge in [0.05, 0.1) is 11.6 Å². The molecule has 11 heavy (non-hydrogen) atoms. The summed E-state index contributed by atoms with van der Waals surface area (Å²) in [4.78, 5) is 0. The molecule has 0 aliphatic rings. The van der Waals surface area contributed by atoms with Gasteiger partial charge in [-0.2, -0.15) is 5.10 Å². The van der Waals surface area contributed by atoms with Crippen molar-refractivity contribution in [1.82, 2.24) is 9.78 Å². The Hall–Kier alpha value is -0.210. The van der Waals surface area contributed by atoms with Crippen LogP contribution in [0.2, 0.25) is 5.15 Å². The van der Waals surface area contributed by atoms with E-state index in [4.69, 9.17) is 23.2 Å². The summed E-state index contributed by atoms with van der Waals surface area (Å²) < 4.78 is 1.74. The lowest BCUT2D eigenvalue weighted by Gasteiger charge is -1.95. The molecule has 1 heterocycles. The molecule has 0 amide bonds. The number of aryl methyl sites for hydroxylation is 2. The molecule has 0 saturated carbocycles. The first-order valence-electron chi connectivity index (χ1n) is 3.48. The van der Waals surface area contributed by atoms with Crippen LogP contribution in [0.25, 0.3) is 0 Å². The van der Waals surface area contributed by atoms with Crippen LogP contribution in [0.5, 0.6) is 0 Å². The molecule has 0 saturated heterocycles. The molecule has 4 heteroatoms. The van der Waals surface area contributed by atoms with Crippen molar-refractivity contribution in [2.75, 3.05) is 0 Å². The van der Waals surface area contributed by atoms with Crippen molar-refractivity contribution in [3.8, 4) is 0 Å². The Bertz CT molecular complexity index is 255. The highest BCUT2D eigenvalue weighted by Gasteiger charge is 2.09. The third kappa shape index (κ3) is 1.52. The van der Waals surface area contributed by atoms with E-state index in [9.17, 15) is 0 Å². The average molecular weight is 193 g/mol. The zero-order chi connectivity index (χ0) is 8.43. The van der Waals surface area contributed by atoms with E-state index in [0.29, 0.717) is 11.0 Å². The first-order valence-corrected chi connectivity index (χ1v) is 4.39. The maximum Gasteiger partial charge on any atom is 0.131 e. The maximum atomic E-state index is 5.95. The Labute approximate surface area is 76.1 Å². The van der Waals surface area contributed by atoms with Gasteiger partial charge in [0, 0.05) is 12.1 Å². The van der Waals surface area contributed by atoms with Gasteiger partial charge in [-0.1, -0.05) is 11.6 Å². The summed E-state index contributed by atoms with van der Waals surface area (Å²) in [7, 11) is 0. The van der Waals surface area contributed by atoms with Crippen LogP contribution in [0, 0.1) is 6.92 Å². The second-order valence-corrected chi connectivity index (χ2v) is 2.93. The molecule has 0 radical (unpaired) electrons. The second kappa shape index (κ2) is 3.46. The van der Waals surface area contributed by atoms with Crippen molar-refractivity contribution in [2.24, 2.45) is 0 Å². The molecule has 0 aliphatic carbocycles. The van der Waals surface area contributed by atoms with Gasteiger partial charge in [0.25, 0.3) is 0 Å². The molecule has 0 atom stereocenters. The topological polar surface area (TPSA) is 17.8 Å². The van der Waals surface area contributed by atoms with Crippen molar-refractivity contribution in [1.29, 1.82) is 0 Å². The number of hydrogen-bond donors (Lipinski definition) is 0. The van der Waals surface area contributed by atoms with Crippen LogP contribution in [0.3, 0.4) is 0 Å². The molecular formula is C7H10Cl2N2. The summed E-state index contributed by atoms with van der Waals surface area (Å²) in [5, 5.41) is 4.87. The van der Waals surface area contributed by atoms with E-state index in [-0.39, 0.29) is 0 Å². The summed E-state index contributed by atoms with van der Waals surface area (Å²) in [5.74, 6) is 0.435. The monoisotopic (exact) mass is 192 g/mol. The minimum atomic E-state index is 0.435. The fourth-order valence-corrected chi connectivity index (χ4v) is 1.70. The molecule has 0 aromatic carbocycles. The first-order chi connectivity index (χ1) is 5.20. The number of halogens is 2. The summed E-state index contributed by atoms with van der Waals surface area (Å²) in [6, 6.07) is 0. The zero-order valence-electron chi connectivity index (χ0n) is 6.56. The summed E-state index contributed by atoms with van der Waals surface area (Å²) in [5.41, 5.74) is 1.86. The summed E-state index contributed by atoms with van der Waals surface area (Å²) in [6.45, 7) is 4.70. The fraction of sp³-hybridized carbons (Fsp3) is 0.571. The van der Waals surface area contributed by atoms with Gasteiger partial charge in [-0.3, -0.25) is 4.68 Å². The maximum absolute atomic E-state index is 5.95. The quantitative estimate of drug-likeness (QED) is 0.660. The van der Waals surface area contributed by atoms with Crippen LogP contribution >= 0.6 is 23.2 Å². The summed E-state index contributed by atoms with van der Waals surface area (Å²) >= 11 is 11.6. The Morgan fingerprint density at radius 3 is 2.45 bits per heavy atom. The van der Waals surface area contributed by atoms with E-state index in [1.165, 1.54) is 0 Å². The number of nitrogens with zero attached hydrogens (tertiary/aromatic N) is 2. The normalized spacial score (nSPS) is 10.5. The van der Waals surface area contributed by atoms with Gasteiger partial charge < -0.3 is 0 Å². The highest BCUT2D eigenvalue weighted by Crippen LogP contribution is 2.20. The lowest BCUT2D eigenvalue weighted by atomic mass is 10.3. The summed E-state index contributed by atoms with van der Waals surface area (Å²) in [6.07, 6.45) is 0. The SMILES string of the molecule is CCn1nc(C)c(CCl)c1Cl. The molecule has 62 valence electrons. The molecule has 1 rings (SSSR count). The van der Waals surface area contributed by atoms with Crippen LogP contribution in [-0.2, 0) is 12.4 Å². The largest absolute Gasteiger partial charge is 0.254 e. The minimum absolute atomic E-state index is 0.435. The number of rotatable bonds is 2. The molecule has 0 aliphatic heterocycles. The van der Waals surface area contributed by atoms with Crippen LogP contribution in [-0.4, -0.2) is 9.78 Å². The number of hydrogen-bond acceptors (Lipinski definition) is 1. The molecule has 0 N–H and O–H groups in total. The number of alkyl halides is 1. The Morgan fingerprint density at radius 1 is 1.55 bits per heavy atom. The lowest BCUT2D eigenvalue weighted by Crippen LogP contribution is -1.95. The Kier molecular flexibility index (Phi) is 2.79. The van der Waals surface area contributed by atoms with Gasteiger partial charge in [0.15, 0.2) is 0 Å². The van der Waals surface area contributed by atoms with Crippen molar-refractivity contribution in [3.05, 3.63) is 16.4 Å². The van der Waals surface area contributed by atoms with E-state index in [0.717, 1.165) is 17.8 Å². The van der Waals surface area contributed by atoms with E-state index in [1.54, 1.807) is 4.68 Å².